The van der Waals surface area contributed by atoms with E-state index in [1.165, 1.54) is 6.92 Å². The van der Waals surface area contributed by atoms with E-state index in [0.717, 1.165) is 12.8 Å². The SMILES string of the molecule is CCOC(=O)c1oc(C2CCCCO2)nc1C(F)(F)F. The Bertz CT molecular complexity index is 478. The zero-order valence-corrected chi connectivity index (χ0v) is 10.8. The highest BCUT2D eigenvalue weighted by Gasteiger charge is 2.42. The summed E-state index contributed by atoms with van der Waals surface area (Å²) >= 11 is 0. The summed E-state index contributed by atoms with van der Waals surface area (Å²) in [6.45, 7) is 1.88. The maximum Gasteiger partial charge on any atom is 0.437 e. The number of aromatic nitrogens is 1. The largest absolute Gasteiger partial charge is 0.460 e. The van der Waals surface area contributed by atoms with Crippen molar-refractivity contribution in [2.45, 2.75) is 38.5 Å². The Kier molecular flexibility index (Phi) is 4.32. The van der Waals surface area contributed by atoms with E-state index in [-0.39, 0.29) is 12.5 Å². The molecule has 0 aromatic carbocycles. The van der Waals surface area contributed by atoms with E-state index in [1.54, 1.807) is 0 Å². The Labute approximate surface area is 113 Å². The van der Waals surface area contributed by atoms with Crippen LogP contribution in [-0.4, -0.2) is 24.2 Å². The molecule has 1 atom stereocenters. The van der Waals surface area contributed by atoms with Crippen LogP contribution in [0.4, 0.5) is 13.2 Å². The van der Waals surface area contributed by atoms with Crippen LogP contribution in [0.25, 0.3) is 0 Å². The molecular formula is C12H14F3NO4. The van der Waals surface area contributed by atoms with Gasteiger partial charge >= 0.3 is 12.1 Å². The number of rotatable bonds is 3. The van der Waals surface area contributed by atoms with Crippen LogP contribution in [-0.2, 0) is 15.7 Å². The summed E-state index contributed by atoms with van der Waals surface area (Å²) < 4.78 is 53.4. The molecule has 1 saturated heterocycles. The van der Waals surface area contributed by atoms with Gasteiger partial charge in [0.05, 0.1) is 6.61 Å². The van der Waals surface area contributed by atoms with Crippen LogP contribution in [0, 0.1) is 0 Å². The van der Waals surface area contributed by atoms with Gasteiger partial charge in [-0.1, -0.05) is 0 Å². The number of nitrogens with zero attached hydrogens (tertiary/aromatic N) is 1. The van der Waals surface area contributed by atoms with Gasteiger partial charge in [0, 0.05) is 6.61 Å². The van der Waals surface area contributed by atoms with Crippen LogP contribution in [0.15, 0.2) is 4.42 Å². The van der Waals surface area contributed by atoms with Gasteiger partial charge in [-0.3, -0.25) is 0 Å². The zero-order chi connectivity index (χ0) is 14.8. The molecule has 1 unspecified atom stereocenters. The molecule has 0 N–H and O–H groups in total. The molecule has 20 heavy (non-hydrogen) atoms. The predicted octanol–water partition coefficient (Wildman–Crippen LogP) is 3.11. The van der Waals surface area contributed by atoms with E-state index in [4.69, 9.17) is 9.15 Å². The smallest absolute Gasteiger partial charge is 0.437 e. The Hall–Kier alpha value is -1.57. The molecule has 1 aliphatic rings. The second-order valence-electron chi connectivity index (χ2n) is 4.30. The van der Waals surface area contributed by atoms with Crippen molar-refractivity contribution in [1.82, 2.24) is 4.98 Å². The third-order valence-corrected chi connectivity index (χ3v) is 2.83. The summed E-state index contributed by atoms with van der Waals surface area (Å²) in [6.07, 6.45) is -3.26. The summed E-state index contributed by atoms with van der Waals surface area (Å²) in [5, 5.41) is 0. The molecule has 1 aromatic heterocycles. The van der Waals surface area contributed by atoms with Crippen LogP contribution in [0.3, 0.4) is 0 Å². The van der Waals surface area contributed by atoms with E-state index in [0.29, 0.717) is 13.0 Å². The van der Waals surface area contributed by atoms with Gasteiger partial charge in [0.25, 0.3) is 0 Å². The van der Waals surface area contributed by atoms with Crippen LogP contribution in [0.1, 0.15) is 54.4 Å². The number of oxazole rings is 1. The summed E-state index contributed by atoms with van der Waals surface area (Å²) in [7, 11) is 0. The van der Waals surface area contributed by atoms with E-state index in [9.17, 15) is 18.0 Å². The van der Waals surface area contributed by atoms with Gasteiger partial charge in [0.1, 0.15) is 6.10 Å². The van der Waals surface area contributed by atoms with Gasteiger partial charge in [-0.2, -0.15) is 13.2 Å². The molecule has 5 nitrogen and oxygen atoms in total. The highest BCUT2D eigenvalue weighted by Crippen LogP contribution is 2.35. The van der Waals surface area contributed by atoms with Crippen molar-refractivity contribution in [3.8, 4) is 0 Å². The molecule has 1 fully saturated rings. The Morgan fingerprint density at radius 1 is 1.45 bits per heavy atom. The van der Waals surface area contributed by atoms with Gasteiger partial charge in [0.15, 0.2) is 5.69 Å². The van der Waals surface area contributed by atoms with Crippen molar-refractivity contribution in [3.63, 3.8) is 0 Å². The fraction of sp³-hybridized carbons (Fsp3) is 0.667. The lowest BCUT2D eigenvalue weighted by Gasteiger charge is -2.19. The number of carbonyl (C=O) groups excluding carboxylic acids is 1. The maximum atomic E-state index is 12.9. The fourth-order valence-corrected chi connectivity index (χ4v) is 1.94. The number of esters is 1. The first-order chi connectivity index (χ1) is 9.43. The highest BCUT2D eigenvalue weighted by atomic mass is 19.4. The molecule has 1 aromatic rings. The third-order valence-electron chi connectivity index (χ3n) is 2.83. The van der Waals surface area contributed by atoms with Crippen molar-refractivity contribution >= 4 is 5.97 Å². The van der Waals surface area contributed by atoms with Gasteiger partial charge in [-0.15, -0.1) is 0 Å². The molecule has 2 heterocycles. The zero-order valence-electron chi connectivity index (χ0n) is 10.8. The molecule has 0 saturated carbocycles. The van der Waals surface area contributed by atoms with Crippen molar-refractivity contribution in [3.05, 3.63) is 17.3 Å². The summed E-state index contributed by atoms with van der Waals surface area (Å²) in [4.78, 5) is 14.9. The minimum atomic E-state index is -4.78. The maximum absolute atomic E-state index is 12.9. The van der Waals surface area contributed by atoms with Crippen LogP contribution in [0.2, 0.25) is 0 Å². The normalized spacial score (nSPS) is 19.9. The van der Waals surface area contributed by atoms with Crippen LogP contribution < -0.4 is 0 Å². The Morgan fingerprint density at radius 3 is 2.75 bits per heavy atom. The number of alkyl halides is 3. The molecule has 0 bridgehead atoms. The lowest BCUT2D eigenvalue weighted by atomic mass is 10.1. The second kappa shape index (κ2) is 5.82. The highest BCUT2D eigenvalue weighted by molar-refractivity contribution is 5.87. The first kappa shape index (κ1) is 14.8. The number of ether oxygens (including phenoxy) is 2. The minimum Gasteiger partial charge on any atom is -0.460 e. The molecular weight excluding hydrogens is 279 g/mol. The molecule has 1 aliphatic heterocycles. The molecule has 2 rings (SSSR count). The summed E-state index contributed by atoms with van der Waals surface area (Å²) in [6, 6.07) is 0. The van der Waals surface area contributed by atoms with Gasteiger partial charge in [-0.05, 0) is 26.2 Å². The number of carbonyl (C=O) groups is 1. The average molecular weight is 293 g/mol. The van der Waals surface area contributed by atoms with Crippen LogP contribution in [0.5, 0.6) is 0 Å². The topological polar surface area (TPSA) is 61.6 Å². The van der Waals surface area contributed by atoms with Crippen LogP contribution >= 0.6 is 0 Å². The fourth-order valence-electron chi connectivity index (χ4n) is 1.94. The van der Waals surface area contributed by atoms with E-state index in [2.05, 4.69) is 9.72 Å². The molecule has 112 valence electrons. The number of halogens is 3. The minimum absolute atomic E-state index is 0.0495. The van der Waals surface area contributed by atoms with Crippen molar-refractivity contribution in [1.29, 1.82) is 0 Å². The average Bonchev–Trinajstić information content (AvgIpc) is 2.85. The van der Waals surface area contributed by atoms with E-state index in [1.807, 2.05) is 0 Å². The molecule has 0 spiro atoms. The van der Waals surface area contributed by atoms with Crippen molar-refractivity contribution < 1.29 is 31.9 Å². The monoisotopic (exact) mass is 293 g/mol. The third kappa shape index (κ3) is 3.12. The quantitative estimate of drug-likeness (QED) is 0.801. The van der Waals surface area contributed by atoms with Gasteiger partial charge < -0.3 is 13.9 Å². The predicted molar refractivity (Wildman–Crippen MR) is 60.0 cm³/mol. The molecule has 0 radical (unpaired) electrons. The Balaban J connectivity index is 2.33. The standard InChI is InChI=1S/C12H14F3NO4/c1-2-18-11(17)8-9(12(13,14)15)16-10(20-8)7-5-3-4-6-19-7/h7H,2-6H2,1H3. The first-order valence-electron chi connectivity index (χ1n) is 6.30. The Morgan fingerprint density at radius 2 is 2.20 bits per heavy atom. The van der Waals surface area contributed by atoms with E-state index < -0.39 is 29.7 Å². The van der Waals surface area contributed by atoms with Crippen molar-refractivity contribution in [2.24, 2.45) is 0 Å². The van der Waals surface area contributed by atoms with Gasteiger partial charge in [0.2, 0.25) is 11.7 Å². The second-order valence-corrected chi connectivity index (χ2v) is 4.30. The molecule has 8 heteroatoms. The lowest BCUT2D eigenvalue weighted by molar-refractivity contribution is -0.141. The summed E-state index contributed by atoms with van der Waals surface area (Å²) in [5.74, 6) is -2.31. The molecule has 0 aliphatic carbocycles. The number of hydrogen-bond acceptors (Lipinski definition) is 5. The van der Waals surface area contributed by atoms with E-state index >= 15 is 0 Å². The molecule has 0 amide bonds. The summed E-state index contributed by atoms with van der Waals surface area (Å²) in [5.41, 5.74) is -1.36. The first-order valence-corrected chi connectivity index (χ1v) is 6.30. The van der Waals surface area contributed by atoms with Gasteiger partial charge in [-0.25, -0.2) is 9.78 Å². The van der Waals surface area contributed by atoms with Crippen molar-refractivity contribution in [2.75, 3.05) is 13.2 Å². The number of hydrogen-bond donors (Lipinski definition) is 0. The lowest BCUT2D eigenvalue weighted by Crippen LogP contribution is -2.14.